The zero-order chi connectivity index (χ0) is 25.1. The fourth-order valence-corrected chi connectivity index (χ4v) is 5.46. The predicted molar refractivity (Wildman–Crippen MR) is 130 cm³/mol. The van der Waals surface area contributed by atoms with E-state index in [0.717, 1.165) is 0 Å². The second-order valence-electron chi connectivity index (χ2n) is 9.93. The third-order valence-electron chi connectivity index (χ3n) is 6.57. The van der Waals surface area contributed by atoms with Gasteiger partial charge in [0.15, 0.2) is 0 Å². The minimum absolute atomic E-state index is 0.237. The number of carbonyl (C=O) groups excluding carboxylic acids is 3. The van der Waals surface area contributed by atoms with Crippen molar-refractivity contribution >= 4 is 46.2 Å². The number of aromatic nitrogens is 1. The molecule has 2 aliphatic heterocycles. The van der Waals surface area contributed by atoms with E-state index >= 15 is 0 Å². The molecule has 0 bridgehead atoms. The first-order valence-corrected chi connectivity index (χ1v) is 11.7. The number of aliphatic hydroxyl groups is 1. The van der Waals surface area contributed by atoms with Gasteiger partial charge in [0, 0.05) is 28.2 Å². The van der Waals surface area contributed by atoms with Crippen LogP contribution in [0, 0.1) is 0 Å². The lowest BCUT2D eigenvalue weighted by molar-refractivity contribution is -0.166. The van der Waals surface area contributed by atoms with Crippen molar-refractivity contribution in [3.63, 3.8) is 0 Å². The first-order valence-electron chi connectivity index (χ1n) is 11.3. The number of amides is 1. The van der Waals surface area contributed by atoms with Crippen molar-refractivity contribution < 1.29 is 29.0 Å². The summed E-state index contributed by atoms with van der Waals surface area (Å²) in [7, 11) is 0. The molecule has 1 amide bonds. The van der Waals surface area contributed by atoms with Crippen molar-refractivity contribution in [3.05, 3.63) is 64.8 Å². The second kappa shape index (κ2) is 8.10. The molecule has 8 nitrogen and oxygen atoms in total. The average Bonchev–Trinajstić information content (AvgIpc) is 3.29. The van der Waals surface area contributed by atoms with E-state index in [-0.39, 0.29) is 12.3 Å². The van der Waals surface area contributed by atoms with E-state index < -0.39 is 41.7 Å². The number of nitrogens with one attached hydrogen (secondary N) is 1. The molecule has 3 atom stereocenters. The maximum atomic E-state index is 13.6. The van der Waals surface area contributed by atoms with Crippen molar-refractivity contribution in [1.82, 2.24) is 4.57 Å². The number of anilines is 1. The molecule has 2 aromatic carbocycles. The lowest BCUT2D eigenvalue weighted by atomic mass is 9.63. The fraction of sp³-hybridized carbons (Fsp3) is 0.346. The van der Waals surface area contributed by atoms with Crippen molar-refractivity contribution in [2.45, 2.75) is 50.2 Å². The molecule has 35 heavy (non-hydrogen) atoms. The highest BCUT2D eigenvalue weighted by atomic mass is 35.5. The van der Waals surface area contributed by atoms with E-state index in [9.17, 15) is 19.5 Å². The van der Waals surface area contributed by atoms with Crippen LogP contribution in [0.15, 0.2) is 48.7 Å². The molecular formula is C26H25ClN2O6. The number of fused-ring (bicyclic) bond motifs is 3. The maximum absolute atomic E-state index is 13.6. The Hall–Kier alpha value is -3.36. The van der Waals surface area contributed by atoms with E-state index in [0.29, 0.717) is 32.7 Å². The van der Waals surface area contributed by atoms with E-state index in [1.807, 2.05) is 12.1 Å². The molecule has 1 spiro atoms. The van der Waals surface area contributed by atoms with Crippen molar-refractivity contribution in [1.29, 1.82) is 0 Å². The van der Waals surface area contributed by atoms with Gasteiger partial charge in [-0.2, -0.15) is 0 Å². The Balaban J connectivity index is 1.77. The summed E-state index contributed by atoms with van der Waals surface area (Å²) in [6.45, 7) is 4.82. The predicted octanol–water partition coefficient (Wildman–Crippen LogP) is 4.36. The molecule has 1 fully saturated rings. The minimum Gasteiger partial charge on any atom is -0.459 e. The lowest BCUT2D eigenvalue weighted by Gasteiger charge is -2.43. The van der Waals surface area contributed by atoms with Gasteiger partial charge in [0.05, 0.1) is 24.0 Å². The number of benzene rings is 2. The van der Waals surface area contributed by atoms with E-state index in [1.165, 1.54) is 4.57 Å². The van der Waals surface area contributed by atoms with Gasteiger partial charge < -0.3 is 19.9 Å². The largest absolute Gasteiger partial charge is 0.459 e. The van der Waals surface area contributed by atoms with E-state index in [2.05, 4.69) is 5.32 Å². The summed E-state index contributed by atoms with van der Waals surface area (Å²) in [4.78, 5) is 39.5. The van der Waals surface area contributed by atoms with Crippen LogP contribution in [0.5, 0.6) is 0 Å². The van der Waals surface area contributed by atoms with Gasteiger partial charge in [-0.1, -0.05) is 29.8 Å². The molecule has 0 aliphatic carbocycles. The van der Waals surface area contributed by atoms with Crippen LogP contribution >= 0.6 is 11.6 Å². The van der Waals surface area contributed by atoms with Gasteiger partial charge in [0.1, 0.15) is 11.7 Å². The molecule has 3 aromatic rings. The van der Waals surface area contributed by atoms with Crippen LogP contribution in [-0.2, 0) is 24.5 Å². The number of rotatable bonds is 2. The smallest absolute Gasteiger partial charge is 0.419 e. The van der Waals surface area contributed by atoms with E-state index in [4.69, 9.17) is 21.1 Å². The SMILES string of the molecule is CC(C)(C)OC(=O)n1cc([C@@H]2[C@@H](CO)OC(=O)C[C@@]23C(=O)Nc2ccc(Cl)cc23)c2ccccc21. The highest BCUT2D eigenvalue weighted by molar-refractivity contribution is 6.31. The summed E-state index contributed by atoms with van der Waals surface area (Å²) in [5.74, 6) is -1.78. The molecule has 0 unspecified atom stereocenters. The van der Waals surface area contributed by atoms with Crippen LogP contribution in [0.4, 0.5) is 10.5 Å². The molecule has 0 saturated carbocycles. The summed E-state index contributed by atoms with van der Waals surface area (Å²) in [5.41, 5.74) is 0.159. The fourth-order valence-electron chi connectivity index (χ4n) is 5.29. The van der Waals surface area contributed by atoms with Gasteiger partial charge in [-0.05, 0) is 56.2 Å². The Morgan fingerprint density at radius 1 is 1.26 bits per heavy atom. The van der Waals surface area contributed by atoms with Crippen molar-refractivity contribution in [3.8, 4) is 0 Å². The summed E-state index contributed by atoms with van der Waals surface area (Å²) in [5, 5.41) is 14.2. The zero-order valence-electron chi connectivity index (χ0n) is 19.5. The third kappa shape index (κ3) is 3.68. The Morgan fingerprint density at radius 3 is 2.71 bits per heavy atom. The number of hydrogen-bond donors (Lipinski definition) is 2. The quantitative estimate of drug-likeness (QED) is 0.510. The Bertz CT molecular complexity index is 1370. The lowest BCUT2D eigenvalue weighted by Crippen LogP contribution is -2.53. The van der Waals surface area contributed by atoms with Crippen LogP contribution in [0.2, 0.25) is 5.02 Å². The number of esters is 1. The molecule has 182 valence electrons. The number of carbonyl (C=O) groups is 3. The number of ether oxygens (including phenoxy) is 2. The third-order valence-corrected chi connectivity index (χ3v) is 6.81. The number of nitrogens with zero attached hydrogens (tertiary/aromatic N) is 1. The van der Waals surface area contributed by atoms with Crippen LogP contribution in [0.3, 0.4) is 0 Å². The Morgan fingerprint density at radius 2 is 2.00 bits per heavy atom. The number of aliphatic hydroxyl groups excluding tert-OH is 1. The maximum Gasteiger partial charge on any atom is 0.419 e. The standard InChI is InChI=1S/C26H25ClN2O6/c1-25(2,3)35-24(33)29-12-16(15-6-4-5-7-19(15)29)22-20(13-30)34-21(31)11-26(22)17-10-14(27)8-9-18(17)28-23(26)32/h4-10,12,20,22,30H,11,13H2,1-3H3,(H,28,32)/t20-,22-,26+/m1/s1. The Labute approximate surface area is 206 Å². The number of hydrogen-bond acceptors (Lipinski definition) is 6. The van der Waals surface area contributed by atoms with Gasteiger partial charge in [-0.15, -0.1) is 0 Å². The highest BCUT2D eigenvalue weighted by Crippen LogP contribution is 2.55. The molecule has 1 aromatic heterocycles. The van der Waals surface area contributed by atoms with Crippen molar-refractivity contribution in [2.75, 3.05) is 11.9 Å². The summed E-state index contributed by atoms with van der Waals surface area (Å²) in [6.07, 6.45) is -0.228. The zero-order valence-corrected chi connectivity index (χ0v) is 20.3. The molecule has 1 saturated heterocycles. The summed E-state index contributed by atoms with van der Waals surface area (Å²) >= 11 is 6.31. The highest BCUT2D eigenvalue weighted by Gasteiger charge is 2.60. The topological polar surface area (TPSA) is 107 Å². The number of para-hydroxylation sites is 1. The first-order chi connectivity index (χ1) is 16.5. The monoisotopic (exact) mass is 496 g/mol. The number of cyclic esters (lactones) is 1. The molecule has 0 radical (unpaired) electrons. The first kappa shape index (κ1) is 23.4. The minimum atomic E-state index is -1.38. The Kier molecular flexibility index (Phi) is 5.41. The van der Waals surface area contributed by atoms with Crippen LogP contribution in [0.25, 0.3) is 10.9 Å². The molecule has 2 N–H and O–H groups in total. The number of halogens is 1. The van der Waals surface area contributed by atoms with Gasteiger partial charge in [0.2, 0.25) is 5.91 Å². The van der Waals surface area contributed by atoms with Crippen LogP contribution in [0.1, 0.15) is 44.2 Å². The van der Waals surface area contributed by atoms with Crippen LogP contribution < -0.4 is 5.32 Å². The summed E-state index contributed by atoms with van der Waals surface area (Å²) < 4.78 is 12.5. The van der Waals surface area contributed by atoms with Gasteiger partial charge >= 0.3 is 12.1 Å². The van der Waals surface area contributed by atoms with E-state index in [1.54, 1.807) is 57.3 Å². The molecule has 5 rings (SSSR count). The van der Waals surface area contributed by atoms with Crippen molar-refractivity contribution in [2.24, 2.45) is 0 Å². The molecule has 3 heterocycles. The van der Waals surface area contributed by atoms with Gasteiger partial charge in [0.25, 0.3) is 0 Å². The van der Waals surface area contributed by atoms with Gasteiger partial charge in [-0.3, -0.25) is 14.2 Å². The molecule has 2 aliphatic rings. The summed E-state index contributed by atoms with van der Waals surface area (Å²) in [6, 6.07) is 12.2. The molecular weight excluding hydrogens is 472 g/mol. The van der Waals surface area contributed by atoms with Gasteiger partial charge in [-0.25, -0.2) is 4.79 Å². The normalized spacial score (nSPS) is 23.8. The molecule has 9 heteroatoms. The average molecular weight is 497 g/mol. The second-order valence-corrected chi connectivity index (χ2v) is 10.4. The van der Waals surface area contributed by atoms with Crippen LogP contribution in [-0.4, -0.2) is 46.0 Å².